The maximum Gasteiger partial charge on any atom is 0.349 e. The molecule has 26 heavy (non-hydrogen) atoms. The van der Waals surface area contributed by atoms with Gasteiger partial charge in [-0.05, 0) is 24.3 Å². The summed E-state index contributed by atoms with van der Waals surface area (Å²) in [6.07, 6.45) is 0. The zero-order valence-electron chi connectivity index (χ0n) is 14.1. The Morgan fingerprint density at radius 2 is 1.81 bits per heavy atom. The van der Waals surface area contributed by atoms with Crippen molar-refractivity contribution in [3.05, 3.63) is 52.9 Å². The molecule has 2 aromatic heterocycles. The lowest BCUT2D eigenvalue weighted by Crippen LogP contribution is -2.08. The number of nitrogens with zero attached hydrogens (tertiary/aromatic N) is 2. The maximum absolute atomic E-state index is 12.3. The van der Waals surface area contributed by atoms with E-state index in [9.17, 15) is 4.79 Å². The highest BCUT2D eigenvalue weighted by molar-refractivity contribution is 6.05. The lowest BCUT2D eigenvalue weighted by Gasteiger charge is -2.12. The minimum Gasteiger partial charge on any atom is -0.493 e. The summed E-state index contributed by atoms with van der Waals surface area (Å²) in [5.41, 5.74) is 6.98. The van der Waals surface area contributed by atoms with Gasteiger partial charge >= 0.3 is 5.63 Å². The Bertz CT molecular complexity index is 1200. The minimum absolute atomic E-state index is 0.0503. The molecule has 0 aliphatic rings. The number of benzene rings is 2. The van der Waals surface area contributed by atoms with Gasteiger partial charge in [-0.15, -0.1) is 0 Å². The van der Waals surface area contributed by atoms with E-state index in [1.165, 1.54) is 7.11 Å². The third-order valence-electron chi connectivity index (χ3n) is 4.13. The van der Waals surface area contributed by atoms with Gasteiger partial charge in [-0.1, -0.05) is 18.2 Å². The maximum atomic E-state index is 12.3. The number of ether oxygens (including phenoxy) is 2. The minimum atomic E-state index is -0.569. The molecule has 0 bridgehead atoms. The first-order valence-corrected chi connectivity index (χ1v) is 7.84. The smallest absolute Gasteiger partial charge is 0.349 e. The Morgan fingerprint density at radius 1 is 1.00 bits per heavy atom. The molecule has 7 heteroatoms. The van der Waals surface area contributed by atoms with Gasteiger partial charge in [0.15, 0.2) is 17.3 Å². The van der Waals surface area contributed by atoms with E-state index in [0.29, 0.717) is 39.4 Å². The standard InChI is InChI=1S/C19H15N3O4/c1-24-13-9-5-7-11(16(13)25-2)18-21-15-10-6-3-4-8-12(10)26-19(23)14(15)17(20)22-18/h3-9H,1-2H3,(H2,20,21,22). The SMILES string of the molecule is COc1cccc(-c2nc(N)c3c(=O)oc4ccccc4c3n2)c1OC. The third kappa shape index (κ3) is 2.33. The van der Waals surface area contributed by atoms with Crippen LogP contribution in [-0.4, -0.2) is 24.2 Å². The summed E-state index contributed by atoms with van der Waals surface area (Å²) in [5.74, 6) is 1.42. The van der Waals surface area contributed by atoms with Crippen molar-refractivity contribution in [3.63, 3.8) is 0 Å². The van der Waals surface area contributed by atoms with Crippen LogP contribution in [-0.2, 0) is 0 Å². The third-order valence-corrected chi connectivity index (χ3v) is 4.13. The fourth-order valence-corrected chi connectivity index (χ4v) is 2.96. The summed E-state index contributed by atoms with van der Waals surface area (Å²) in [6, 6.07) is 12.5. The van der Waals surface area contributed by atoms with Crippen LogP contribution in [0.15, 0.2) is 51.7 Å². The highest BCUT2D eigenvalue weighted by Gasteiger charge is 2.18. The lowest BCUT2D eigenvalue weighted by atomic mass is 10.1. The summed E-state index contributed by atoms with van der Waals surface area (Å²) in [7, 11) is 3.09. The van der Waals surface area contributed by atoms with E-state index >= 15 is 0 Å². The molecule has 0 unspecified atom stereocenters. The number of methoxy groups -OCH3 is 2. The number of fused-ring (bicyclic) bond motifs is 3. The van der Waals surface area contributed by atoms with E-state index in [0.717, 1.165) is 0 Å². The van der Waals surface area contributed by atoms with E-state index in [2.05, 4.69) is 9.97 Å². The van der Waals surface area contributed by atoms with Crippen LogP contribution in [0, 0.1) is 0 Å². The Labute approximate surface area is 148 Å². The Kier molecular flexibility index (Phi) is 3.69. The quantitative estimate of drug-likeness (QED) is 0.448. The number of anilines is 1. The molecule has 0 saturated carbocycles. The van der Waals surface area contributed by atoms with E-state index in [1.807, 2.05) is 12.1 Å². The van der Waals surface area contributed by atoms with Gasteiger partial charge in [-0.25, -0.2) is 14.8 Å². The Hall–Kier alpha value is -3.61. The average molecular weight is 349 g/mol. The first-order chi connectivity index (χ1) is 12.6. The molecule has 0 fully saturated rings. The van der Waals surface area contributed by atoms with E-state index in [1.54, 1.807) is 37.4 Å². The number of nitrogens with two attached hydrogens (primary N) is 1. The monoisotopic (exact) mass is 349 g/mol. The lowest BCUT2D eigenvalue weighted by molar-refractivity contribution is 0.356. The number of nitrogen functional groups attached to an aromatic ring is 1. The summed E-state index contributed by atoms with van der Waals surface area (Å²) in [5, 5.41) is 0.841. The number of para-hydroxylation sites is 2. The van der Waals surface area contributed by atoms with Crippen molar-refractivity contribution in [1.29, 1.82) is 0 Å². The van der Waals surface area contributed by atoms with Gasteiger partial charge in [0.2, 0.25) is 0 Å². The van der Waals surface area contributed by atoms with Crippen molar-refractivity contribution in [3.8, 4) is 22.9 Å². The molecule has 0 atom stereocenters. The van der Waals surface area contributed by atoms with Crippen molar-refractivity contribution in [2.75, 3.05) is 20.0 Å². The second kappa shape index (κ2) is 6.03. The molecule has 0 amide bonds. The fourth-order valence-electron chi connectivity index (χ4n) is 2.96. The molecular weight excluding hydrogens is 334 g/mol. The van der Waals surface area contributed by atoms with Crippen LogP contribution in [0.2, 0.25) is 0 Å². The largest absolute Gasteiger partial charge is 0.493 e. The second-order valence-corrected chi connectivity index (χ2v) is 5.58. The van der Waals surface area contributed by atoms with Crippen LogP contribution in [0.4, 0.5) is 5.82 Å². The normalized spacial score (nSPS) is 11.0. The first kappa shape index (κ1) is 15.9. The molecule has 7 nitrogen and oxygen atoms in total. The van der Waals surface area contributed by atoms with Gasteiger partial charge < -0.3 is 19.6 Å². The van der Waals surface area contributed by atoms with Gasteiger partial charge in [-0.3, -0.25) is 0 Å². The van der Waals surface area contributed by atoms with Crippen LogP contribution in [0.25, 0.3) is 33.3 Å². The molecule has 0 saturated heterocycles. The highest BCUT2D eigenvalue weighted by atomic mass is 16.5. The predicted octanol–water partition coefficient (Wildman–Crippen LogP) is 3.00. The zero-order chi connectivity index (χ0) is 18.3. The van der Waals surface area contributed by atoms with Gasteiger partial charge in [0.1, 0.15) is 16.8 Å². The highest BCUT2D eigenvalue weighted by Crippen LogP contribution is 2.37. The average Bonchev–Trinajstić information content (AvgIpc) is 2.66. The summed E-state index contributed by atoms with van der Waals surface area (Å²) >= 11 is 0. The predicted molar refractivity (Wildman–Crippen MR) is 98.5 cm³/mol. The van der Waals surface area contributed by atoms with Crippen LogP contribution in [0.3, 0.4) is 0 Å². The van der Waals surface area contributed by atoms with Crippen LogP contribution in [0.5, 0.6) is 11.5 Å². The first-order valence-electron chi connectivity index (χ1n) is 7.84. The van der Waals surface area contributed by atoms with Crippen molar-refractivity contribution in [2.24, 2.45) is 0 Å². The summed E-state index contributed by atoms with van der Waals surface area (Å²) in [4.78, 5) is 21.2. The van der Waals surface area contributed by atoms with Crippen molar-refractivity contribution in [2.45, 2.75) is 0 Å². The van der Waals surface area contributed by atoms with E-state index in [-0.39, 0.29) is 11.2 Å². The molecule has 2 heterocycles. The zero-order valence-corrected chi connectivity index (χ0v) is 14.1. The van der Waals surface area contributed by atoms with Gasteiger partial charge in [-0.2, -0.15) is 0 Å². The van der Waals surface area contributed by atoms with Crippen LogP contribution in [0.1, 0.15) is 0 Å². The Balaban J connectivity index is 2.11. The molecule has 0 radical (unpaired) electrons. The molecule has 2 N–H and O–H groups in total. The molecule has 0 spiro atoms. The number of hydrogen-bond acceptors (Lipinski definition) is 7. The van der Waals surface area contributed by atoms with Crippen molar-refractivity contribution < 1.29 is 13.9 Å². The van der Waals surface area contributed by atoms with Crippen molar-refractivity contribution >= 4 is 27.7 Å². The van der Waals surface area contributed by atoms with E-state index in [4.69, 9.17) is 19.6 Å². The van der Waals surface area contributed by atoms with Gasteiger partial charge in [0, 0.05) is 5.39 Å². The molecule has 2 aromatic carbocycles. The summed E-state index contributed by atoms with van der Waals surface area (Å²) in [6.45, 7) is 0. The topological polar surface area (TPSA) is 100 Å². The molecule has 4 rings (SSSR count). The number of hydrogen-bond donors (Lipinski definition) is 1. The molecule has 130 valence electrons. The number of aromatic nitrogens is 2. The van der Waals surface area contributed by atoms with E-state index < -0.39 is 5.63 Å². The van der Waals surface area contributed by atoms with Gasteiger partial charge in [0.25, 0.3) is 0 Å². The molecule has 0 aliphatic heterocycles. The summed E-state index contributed by atoms with van der Waals surface area (Å²) < 4.78 is 16.1. The molecule has 0 aliphatic carbocycles. The van der Waals surface area contributed by atoms with Gasteiger partial charge in [0.05, 0.1) is 25.3 Å². The van der Waals surface area contributed by atoms with Crippen LogP contribution >= 0.6 is 0 Å². The second-order valence-electron chi connectivity index (χ2n) is 5.58. The Morgan fingerprint density at radius 3 is 2.58 bits per heavy atom. The molecular formula is C19H15N3O4. The number of rotatable bonds is 3. The fraction of sp³-hybridized carbons (Fsp3) is 0.105. The van der Waals surface area contributed by atoms with Crippen LogP contribution < -0.4 is 20.8 Å². The van der Waals surface area contributed by atoms with Crippen molar-refractivity contribution in [1.82, 2.24) is 9.97 Å². The molecule has 4 aromatic rings.